The minimum Gasteiger partial charge on any atom is -0.368 e. The van der Waals surface area contributed by atoms with Crippen LogP contribution >= 0.6 is 0 Å². The number of hydrogen-bond acceptors (Lipinski definition) is 4. The number of likely N-dealkylation sites (tertiary alicyclic amines) is 1. The van der Waals surface area contributed by atoms with Gasteiger partial charge in [0.15, 0.2) is 0 Å². The van der Waals surface area contributed by atoms with Gasteiger partial charge in [0.2, 0.25) is 5.91 Å². The van der Waals surface area contributed by atoms with Crippen LogP contribution in [-0.2, 0) is 29.2 Å². The molecule has 1 saturated heterocycles. The number of nitrogens with zero attached hydrogens (tertiary/aromatic N) is 3. The third kappa shape index (κ3) is 3.96. The summed E-state index contributed by atoms with van der Waals surface area (Å²) in [6.07, 6.45) is 4.13. The second kappa shape index (κ2) is 7.58. The second-order valence-corrected chi connectivity index (χ2v) is 8.78. The Morgan fingerprint density at radius 3 is 2.62 bits per heavy atom. The number of nitrogens with one attached hydrogen (secondary N) is 1. The van der Waals surface area contributed by atoms with Gasteiger partial charge in [0.1, 0.15) is 0 Å². The Bertz CT molecular complexity index is 894. The highest BCUT2D eigenvalue weighted by Gasteiger charge is 2.66. The third-order valence-electron chi connectivity index (χ3n) is 6.34. The summed E-state index contributed by atoms with van der Waals surface area (Å²) in [5.41, 5.74) is 4.23. The summed E-state index contributed by atoms with van der Waals surface area (Å²) in [7, 11) is 0. The molecule has 0 bridgehead atoms. The molecule has 0 spiro atoms. The summed E-state index contributed by atoms with van der Waals surface area (Å²) in [4.78, 5) is 14.4. The number of amides is 1. The Morgan fingerprint density at radius 2 is 2.03 bits per heavy atom. The van der Waals surface area contributed by atoms with Gasteiger partial charge >= 0.3 is 0 Å². The van der Waals surface area contributed by atoms with E-state index >= 15 is 0 Å². The van der Waals surface area contributed by atoms with Gasteiger partial charge in [0.05, 0.1) is 23.4 Å². The molecule has 156 valence electrons. The lowest BCUT2D eigenvalue weighted by atomic mass is 9.81. The molecule has 0 atom stereocenters. The Morgan fingerprint density at radius 1 is 1.28 bits per heavy atom. The first-order valence-corrected chi connectivity index (χ1v) is 10.6. The average Bonchev–Trinajstić information content (AvgIpc) is 3.36. The molecule has 1 aromatic carbocycles. The molecule has 2 aliphatic rings. The lowest BCUT2D eigenvalue weighted by molar-refractivity contribution is -0.139. The van der Waals surface area contributed by atoms with Crippen LogP contribution in [0.5, 0.6) is 0 Å². The number of aryl methyl sites for hydroxylation is 3. The topological polar surface area (TPSA) is 59.4 Å². The number of benzene rings is 1. The monoisotopic (exact) mass is 396 g/mol. The molecule has 1 aliphatic carbocycles. The summed E-state index contributed by atoms with van der Waals surface area (Å²) in [5.74, 6) is 0.0186. The van der Waals surface area contributed by atoms with Crippen molar-refractivity contribution >= 4 is 5.91 Å². The highest BCUT2D eigenvalue weighted by atomic mass is 16.5. The van der Waals surface area contributed by atoms with Gasteiger partial charge in [0.25, 0.3) is 0 Å². The fraction of sp³-hybridized carbons (Fsp3) is 0.565. The van der Waals surface area contributed by atoms with Crippen LogP contribution in [-0.4, -0.2) is 44.8 Å². The van der Waals surface area contributed by atoms with Crippen molar-refractivity contribution in [1.29, 1.82) is 0 Å². The minimum absolute atomic E-state index is 0.0186. The van der Waals surface area contributed by atoms with Crippen LogP contribution in [0.15, 0.2) is 30.5 Å². The van der Waals surface area contributed by atoms with E-state index in [0.717, 1.165) is 44.7 Å². The molecule has 6 nitrogen and oxygen atoms in total. The van der Waals surface area contributed by atoms with E-state index in [9.17, 15) is 4.79 Å². The van der Waals surface area contributed by atoms with Crippen molar-refractivity contribution in [3.05, 3.63) is 52.8 Å². The summed E-state index contributed by atoms with van der Waals surface area (Å²) in [6, 6.07) is 8.44. The van der Waals surface area contributed by atoms with E-state index in [2.05, 4.69) is 66.5 Å². The normalized spacial score (nSPS) is 19.6. The molecule has 1 aromatic heterocycles. The number of hydrogen-bond donors (Lipinski definition) is 1. The van der Waals surface area contributed by atoms with Gasteiger partial charge in [-0.3, -0.25) is 14.4 Å². The van der Waals surface area contributed by atoms with Gasteiger partial charge in [-0.15, -0.1) is 0 Å². The van der Waals surface area contributed by atoms with E-state index in [1.54, 1.807) is 6.92 Å². The highest BCUT2D eigenvalue weighted by molar-refractivity contribution is 5.74. The lowest BCUT2D eigenvalue weighted by Gasteiger charge is -2.54. The van der Waals surface area contributed by atoms with Crippen molar-refractivity contribution in [3.8, 4) is 0 Å². The smallest absolute Gasteiger partial charge is 0.217 e. The number of carbonyl (C=O) groups excluding carboxylic acids is 1. The standard InChI is InChI=1S/C23H32N4O2/c1-5-27-13-21(18(3)25-27)12-26-15-22(16-26,24-19(4)28)23(9-10-23)29-14-20-8-6-7-17(2)11-20/h6-8,11,13H,5,9-10,12,14-16H2,1-4H3,(H,24,28). The Kier molecular flexibility index (Phi) is 5.25. The largest absolute Gasteiger partial charge is 0.368 e. The highest BCUT2D eigenvalue weighted by Crippen LogP contribution is 2.52. The predicted octanol–water partition coefficient (Wildman–Crippen LogP) is 2.96. The zero-order chi connectivity index (χ0) is 20.6. The van der Waals surface area contributed by atoms with Crippen molar-refractivity contribution in [2.75, 3.05) is 13.1 Å². The van der Waals surface area contributed by atoms with Gasteiger partial charge < -0.3 is 10.1 Å². The molecular weight excluding hydrogens is 364 g/mol. The zero-order valence-corrected chi connectivity index (χ0v) is 18.0. The Labute approximate surface area is 173 Å². The number of rotatable bonds is 8. The van der Waals surface area contributed by atoms with Crippen LogP contribution in [0, 0.1) is 13.8 Å². The van der Waals surface area contributed by atoms with Crippen LogP contribution < -0.4 is 5.32 Å². The van der Waals surface area contributed by atoms with Crippen molar-refractivity contribution in [2.24, 2.45) is 0 Å². The second-order valence-electron chi connectivity index (χ2n) is 8.78. The Hall–Kier alpha value is -2.18. The van der Waals surface area contributed by atoms with Crippen molar-refractivity contribution in [3.63, 3.8) is 0 Å². The maximum Gasteiger partial charge on any atom is 0.217 e. The van der Waals surface area contributed by atoms with E-state index in [0.29, 0.717) is 6.61 Å². The van der Waals surface area contributed by atoms with Crippen LogP contribution in [0.1, 0.15) is 49.1 Å². The molecule has 29 heavy (non-hydrogen) atoms. The number of ether oxygens (including phenoxy) is 1. The molecule has 1 saturated carbocycles. The van der Waals surface area contributed by atoms with Crippen molar-refractivity contribution in [1.82, 2.24) is 20.0 Å². The van der Waals surface area contributed by atoms with Gasteiger partial charge in [-0.2, -0.15) is 5.10 Å². The summed E-state index contributed by atoms with van der Waals surface area (Å²) < 4.78 is 8.46. The fourth-order valence-corrected chi connectivity index (χ4v) is 4.66. The average molecular weight is 397 g/mol. The van der Waals surface area contributed by atoms with Crippen molar-refractivity contribution < 1.29 is 9.53 Å². The molecular formula is C23H32N4O2. The van der Waals surface area contributed by atoms with Crippen molar-refractivity contribution in [2.45, 2.75) is 71.4 Å². The first-order valence-electron chi connectivity index (χ1n) is 10.6. The van der Waals surface area contributed by atoms with Crippen LogP contribution in [0.3, 0.4) is 0 Å². The minimum atomic E-state index is -0.294. The van der Waals surface area contributed by atoms with Crippen LogP contribution in [0.25, 0.3) is 0 Å². The molecule has 0 unspecified atom stereocenters. The first kappa shape index (κ1) is 20.1. The summed E-state index contributed by atoms with van der Waals surface area (Å²) in [5, 5.41) is 7.82. The first-order chi connectivity index (χ1) is 13.8. The molecule has 1 aliphatic heterocycles. The summed E-state index contributed by atoms with van der Waals surface area (Å²) in [6.45, 7) is 11.8. The molecule has 2 fully saturated rings. The van der Waals surface area contributed by atoms with Gasteiger partial charge in [-0.1, -0.05) is 29.8 Å². The number of carbonyl (C=O) groups is 1. The van der Waals surface area contributed by atoms with Gasteiger partial charge in [0, 0.05) is 44.9 Å². The zero-order valence-electron chi connectivity index (χ0n) is 18.0. The predicted molar refractivity (Wildman–Crippen MR) is 112 cm³/mol. The van der Waals surface area contributed by atoms with E-state index in [1.807, 2.05) is 4.68 Å². The molecule has 2 heterocycles. The van der Waals surface area contributed by atoms with Crippen LogP contribution in [0.4, 0.5) is 0 Å². The fourth-order valence-electron chi connectivity index (χ4n) is 4.66. The van der Waals surface area contributed by atoms with Gasteiger partial charge in [-0.25, -0.2) is 0 Å². The molecule has 0 radical (unpaired) electrons. The molecule has 2 aromatic rings. The van der Waals surface area contributed by atoms with Gasteiger partial charge in [-0.05, 0) is 39.2 Å². The van der Waals surface area contributed by atoms with E-state index in [4.69, 9.17) is 4.74 Å². The number of aromatic nitrogens is 2. The molecule has 1 amide bonds. The Balaban J connectivity index is 1.44. The van der Waals surface area contributed by atoms with Crippen LogP contribution in [0.2, 0.25) is 0 Å². The quantitative estimate of drug-likeness (QED) is 0.745. The van der Waals surface area contributed by atoms with E-state index < -0.39 is 0 Å². The molecule has 1 N–H and O–H groups in total. The third-order valence-corrected chi connectivity index (χ3v) is 6.34. The maximum atomic E-state index is 12.0. The molecule has 6 heteroatoms. The SMILES string of the molecule is CCn1cc(CN2CC(NC(C)=O)(C3(OCc4cccc(C)c4)CC3)C2)c(C)n1. The lowest BCUT2D eigenvalue weighted by Crippen LogP contribution is -2.76. The van der Waals surface area contributed by atoms with E-state index in [1.165, 1.54) is 16.7 Å². The summed E-state index contributed by atoms with van der Waals surface area (Å²) >= 11 is 0. The van der Waals surface area contributed by atoms with E-state index in [-0.39, 0.29) is 17.0 Å². The maximum absolute atomic E-state index is 12.0. The molecule has 4 rings (SSSR count).